The summed E-state index contributed by atoms with van der Waals surface area (Å²) in [5, 5.41) is 66.1. The molecule has 7 rings (SSSR count). The largest absolute Gasteiger partial charge is 0.507 e. The molecule has 2 fully saturated rings. The normalized spacial score (nSPS) is 21.5. The number of aliphatic carboxylic acids is 1. The first-order chi connectivity index (χ1) is 29.8. The molecule has 2 aliphatic rings. The van der Waals surface area contributed by atoms with Gasteiger partial charge in [-0.25, -0.2) is 14.2 Å². The molecule has 18 nitrogen and oxygen atoms in total. The number of rotatable bonds is 16. The van der Waals surface area contributed by atoms with Gasteiger partial charge >= 0.3 is 13.5 Å². The van der Waals surface area contributed by atoms with Crippen LogP contribution in [0.2, 0.25) is 0 Å². The van der Waals surface area contributed by atoms with Gasteiger partial charge in [0, 0.05) is 36.8 Å². The van der Waals surface area contributed by atoms with E-state index in [1.54, 1.807) is 26.2 Å². The zero-order valence-corrected chi connectivity index (χ0v) is 34.8. The first-order valence-electron chi connectivity index (χ1n) is 20.6. The fourth-order valence-electron chi connectivity index (χ4n) is 8.12. The van der Waals surface area contributed by atoms with Crippen molar-refractivity contribution in [2.45, 2.75) is 101 Å². The number of aliphatic hydroxyl groups excluding tert-OH is 2. The average molecular weight is 849 g/mol. The lowest BCUT2D eigenvalue weighted by molar-refractivity contribution is -0.281. The van der Waals surface area contributed by atoms with Crippen molar-refractivity contribution in [1.82, 2.24) is 40.6 Å². The predicted molar refractivity (Wildman–Crippen MR) is 228 cm³/mol. The Morgan fingerprint density at radius 3 is 2.34 bits per heavy atom. The number of benzene rings is 3. The van der Waals surface area contributed by atoms with Crippen molar-refractivity contribution in [3.8, 4) is 22.6 Å². The van der Waals surface area contributed by atoms with Crippen LogP contribution in [0.4, 0.5) is 0 Å². The quantitative estimate of drug-likeness (QED) is 0.0751. The number of hydrogen-bond acceptors (Lipinski definition) is 13. The molecule has 6 N–H and O–H groups in total. The third-order valence-corrected chi connectivity index (χ3v) is 11.6. The van der Waals surface area contributed by atoms with Gasteiger partial charge in [0.2, 0.25) is 5.91 Å². The topological polar surface area (TPSA) is 245 Å². The van der Waals surface area contributed by atoms with Gasteiger partial charge in [-0.3, -0.25) is 9.59 Å². The number of carbonyl (C=O) groups is 3. The predicted octanol–water partition coefficient (Wildman–Crippen LogP) is 0.729. The molecule has 0 spiro atoms. The number of nitrogens with one attached hydrogen (secondary N) is 2. The van der Waals surface area contributed by atoms with E-state index in [-0.39, 0.29) is 29.4 Å². The van der Waals surface area contributed by atoms with E-state index < -0.39 is 74.5 Å². The highest BCUT2D eigenvalue weighted by Gasteiger charge is 2.56. The van der Waals surface area contributed by atoms with Gasteiger partial charge in [0.25, 0.3) is 19.7 Å². The minimum atomic E-state index is -2.47. The van der Waals surface area contributed by atoms with E-state index in [0.717, 1.165) is 42.5 Å². The fourth-order valence-corrected chi connectivity index (χ4v) is 8.12. The Morgan fingerprint density at radius 2 is 1.66 bits per heavy atom. The Kier molecular flexibility index (Phi) is 13.8. The van der Waals surface area contributed by atoms with E-state index in [4.69, 9.17) is 14.0 Å². The highest BCUT2D eigenvalue weighted by atomic mass is 16.7. The van der Waals surface area contributed by atoms with Gasteiger partial charge in [0.05, 0.1) is 35.2 Å². The van der Waals surface area contributed by atoms with Gasteiger partial charge in [0.15, 0.2) is 0 Å². The van der Waals surface area contributed by atoms with Gasteiger partial charge in [-0.2, -0.15) is 0 Å². The van der Waals surface area contributed by atoms with Crippen molar-refractivity contribution in [1.29, 1.82) is 0 Å². The molecule has 2 amide bonds. The number of carboxylic acids is 1. The van der Waals surface area contributed by atoms with E-state index >= 15 is 0 Å². The van der Waals surface area contributed by atoms with Crippen molar-refractivity contribution in [3.63, 3.8) is 0 Å². The van der Waals surface area contributed by atoms with Crippen LogP contribution >= 0.6 is 0 Å². The third-order valence-electron chi connectivity index (χ3n) is 11.6. The lowest BCUT2D eigenvalue weighted by Gasteiger charge is -2.48. The number of nitrogens with zero attached hydrogens (tertiary/aromatic N) is 6. The summed E-state index contributed by atoms with van der Waals surface area (Å²) in [6.07, 6.45) is 1.75. The summed E-state index contributed by atoms with van der Waals surface area (Å²) in [4.78, 5) is 39.9. The first-order valence-corrected chi connectivity index (χ1v) is 20.6. The summed E-state index contributed by atoms with van der Waals surface area (Å²) in [7, 11) is 0.913. The molecular formula is C42H50B2N8O10. The van der Waals surface area contributed by atoms with Gasteiger partial charge in [-0.05, 0) is 73.2 Å². The summed E-state index contributed by atoms with van der Waals surface area (Å²) < 4.78 is 20.8. The lowest BCUT2D eigenvalue weighted by Crippen LogP contribution is -2.69. The number of amides is 2. The first kappa shape index (κ1) is 44.1. The molecule has 3 aromatic carbocycles. The fraction of sp³-hybridized carbons (Fsp3) is 0.405. The van der Waals surface area contributed by atoms with E-state index in [0.29, 0.717) is 16.8 Å². The van der Waals surface area contributed by atoms with Crippen molar-refractivity contribution in [3.05, 3.63) is 102 Å². The number of aromatic hydroxyl groups is 1. The summed E-state index contributed by atoms with van der Waals surface area (Å²) >= 11 is 0. The second kappa shape index (κ2) is 19.4. The number of carboxylic acid groups (broad SMARTS) is 1. The van der Waals surface area contributed by atoms with Gasteiger partial charge in [-0.15, -0.1) is 10.2 Å². The summed E-state index contributed by atoms with van der Waals surface area (Å²) in [6, 6.07) is 19.2. The number of ether oxygens (including phenoxy) is 1. The number of phenolic OH excluding ortho intramolecular Hbond substituents is 1. The van der Waals surface area contributed by atoms with Crippen LogP contribution in [0.15, 0.2) is 79.1 Å². The molecule has 324 valence electrons. The third kappa shape index (κ3) is 10.1. The molecule has 2 unspecified atom stereocenters. The van der Waals surface area contributed by atoms with Crippen LogP contribution in [0.3, 0.4) is 0 Å². The van der Waals surface area contributed by atoms with Gasteiger partial charge in [0.1, 0.15) is 24.5 Å². The molecule has 0 radical (unpaired) electrons. The van der Waals surface area contributed by atoms with Crippen molar-refractivity contribution >= 4 is 38.9 Å². The molecule has 6 atom stereocenters. The number of phenols is 1. The maximum absolute atomic E-state index is 13.6. The Hall–Kier alpha value is -5.92. The smallest absolute Gasteiger partial charge is 0.363 e. The van der Waals surface area contributed by atoms with Crippen molar-refractivity contribution in [2.24, 2.45) is 0 Å². The van der Waals surface area contributed by atoms with Gasteiger partial charge in [-0.1, -0.05) is 72.2 Å². The minimum Gasteiger partial charge on any atom is -0.507 e. The van der Waals surface area contributed by atoms with E-state index in [1.165, 1.54) is 36.0 Å². The van der Waals surface area contributed by atoms with Crippen molar-refractivity contribution < 1.29 is 48.9 Å². The zero-order chi connectivity index (χ0) is 44.0. The second-order valence-corrected chi connectivity index (χ2v) is 16.0. The van der Waals surface area contributed by atoms with Crippen LogP contribution in [-0.4, -0.2) is 127 Å². The molecule has 2 aromatic heterocycles. The molecule has 0 bridgehead atoms. The molecule has 1 saturated heterocycles. The average Bonchev–Trinajstić information content (AvgIpc) is 3.97. The maximum Gasteiger partial charge on any atom is 0.363 e. The van der Waals surface area contributed by atoms with Crippen LogP contribution in [-0.2, 0) is 30.2 Å². The Labute approximate surface area is 359 Å². The summed E-state index contributed by atoms with van der Waals surface area (Å²) in [6.45, 7) is 2.52. The highest BCUT2D eigenvalue weighted by molar-refractivity contribution is 6.45. The Balaban J connectivity index is 1.09. The monoisotopic (exact) mass is 848 g/mol. The second-order valence-electron chi connectivity index (χ2n) is 16.0. The lowest BCUT2D eigenvalue weighted by atomic mass is 9.86. The number of aromatic nitrogens is 6. The van der Waals surface area contributed by atoms with Crippen molar-refractivity contribution in [2.75, 3.05) is 6.54 Å². The van der Waals surface area contributed by atoms with E-state index in [9.17, 15) is 34.8 Å². The van der Waals surface area contributed by atoms with Crippen LogP contribution in [0.25, 0.3) is 16.8 Å². The molecule has 62 heavy (non-hydrogen) atoms. The molecular weight excluding hydrogens is 798 g/mol. The van der Waals surface area contributed by atoms with Gasteiger partial charge < -0.3 is 45.1 Å². The SMILES string of the molecule is BO[C@@H]1C[C@](OBc2cn(-c3ccc(-c4ccccc4)cc3)nn2)(C(=O)O)OC([C@H](O)[C@H](O)CNC(=O)c2cc(C)c(O)c(C)c2)C1NC(=O)Cn1cc(C2CCCCC2)nn1. The molecule has 1 aliphatic heterocycles. The van der Waals surface area contributed by atoms with Crippen LogP contribution in [0.1, 0.15) is 71.6 Å². The molecule has 20 heteroatoms. The molecule has 1 saturated carbocycles. The highest BCUT2D eigenvalue weighted by Crippen LogP contribution is 2.35. The number of aryl methyl sites for hydroxylation is 2. The summed E-state index contributed by atoms with van der Waals surface area (Å²) in [5.74, 6) is -4.91. The summed E-state index contributed by atoms with van der Waals surface area (Å²) in [5.41, 5.74) is 4.95. The maximum atomic E-state index is 13.6. The van der Waals surface area contributed by atoms with E-state index in [1.807, 2.05) is 54.6 Å². The van der Waals surface area contributed by atoms with E-state index in [2.05, 4.69) is 31.3 Å². The minimum absolute atomic E-state index is 0.0447. The Morgan fingerprint density at radius 1 is 0.968 bits per heavy atom. The number of aliphatic hydroxyl groups is 2. The zero-order valence-electron chi connectivity index (χ0n) is 34.8. The molecule has 3 heterocycles. The van der Waals surface area contributed by atoms with Crippen LogP contribution < -0.4 is 16.2 Å². The number of carbonyl (C=O) groups excluding carboxylic acids is 2. The van der Waals surface area contributed by atoms with Crippen LogP contribution in [0.5, 0.6) is 5.75 Å². The standard InChI is InChI=1S/C42H50B2N8O10/c1-24-17-29(18-25(2)37(24)55)40(57)45-20-32(53)38(56)39-36(46-35(54)23-51-21-31(47-49-51)28-11-7-4-8-12-28)33(61-43)19-42(60-39,41(58)59)62-44-34-22-52(50-48-34)30-15-13-27(14-16-30)26-9-5-3-6-10-26/h3,5-6,9-10,13-18,21-22,28,32-33,36,38-39,44,53,55-56H,4,7-8,11-12,19-20,23,43H2,1-2H3,(H,45,57)(H,46,54)(H,58,59)/t32-,33-,36?,38-,39?,42+/m1/s1. The van der Waals surface area contributed by atoms with Crippen LogP contribution in [0, 0.1) is 13.8 Å². The number of hydrogen-bond donors (Lipinski definition) is 6. The molecule has 5 aromatic rings. The Bertz CT molecular complexity index is 2320. The molecule has 1 aliphatic carbocycles.